The number of hydrogen-bond acceptors (Lipinski definition) is 4. The van der Waals surface area contributed by atoms with Crippen molar-refractivity contribution in [1.29, 1.82) is 0 Å². The first kappa shape index (κ1) is 47.2. The fraction of sp³-hybridized carbons (Fsp3) is 0.370. The van der Waals surface area contributed by atoms with E-state index in [2.05, 4.69) is 184 Å². The summed E-state index contributed by atoms with van der Waals surface area (Å²) in [5, 5.41) is 19.0. The van der Waals surface area contributed by atoms with E-state index in [0.29, 0.717) is 5.82 Å². The number of nitro groups is 1. The van der Waals surface area contributed by atoms with E-state index in [1.54, 1.807) is 6.92 Å². The summed E-state index contributed by atoms with van der Waals surface area (Å²) in [6.45, 7) is 23.2. The molecule has 0 aliphatic rings. The minimum absolute atomic E-state index is 0.0819. The Balaban J connectivity index is 0.00000181. The molecule has 0 fully saturated rings. The van der Waals surface area contributed by atoms with Gasteiger partial charge in [-0.05, 0) is 99.8 Å². The van der Waals surface area contributed by atoms with E-state index in [1.807, 2.05) is 0 Å². The third kappa shape index (κ3) is 26.1. The highest BCUT2D eigenvalue weighted by molar-refractivity contribution is 5.32. The van der Waals surface area contributed by atoms with Crippen LogP contribution in [0.5, 0.6) is 0 Å². The Kier molecular flexibility index (Phi) is 26.2. The van der Waals surface area contributed by atoms with Crippen LogP contribution in [0.2, 0.25) is 0 Å². The molecule has 0 bridgehead atoms. The zero-order valence-corrected chi connectivity index (χ0v) is 33.8. The molecule has 0 radical (unpaired) electrons. The number of hydrogen-bond donors (Lipinski definition) is 1. The monoisotopic (exact) mass is 708 g/mol. The highest BCUT2D eigenvalue weighted by atomic mass is 16.6. The van der Waals surface area contributed by atoms with Crippen molar-refractivity contribution < 1.29 is 10.0 Å². The molecule has 6 nitrogen and oxygen atoms in total. The quantitative estimate of drug-likeness (QED) is 0.0671. The minimum atomic E-state index is -0.518. The highest BCUT2D eigenvalue weighted by Crippen LogP contribution is 2.13. The van der Waals surface area contributed by atoms with Crippen molar-refractivity contribution >= 4 is 5.82 Å². The van der Waals surface area contributed by atoms with Crippen LogP contribution in [-0.4, -0.2) is 26.2 Å². The number of allylic oxidation sites excluding steroid dienone is 26. The molecule has 0 spiro atoms. The maximum atomic E-state index is 10.4. The molecule has 0 aliphatic carbocycles. The van der Waals surface area contributed by atoms with Crippen LogP contribution in [0.15, 0.2) is 160 Å². The van der Waals surface area contributed by atoms with E-state index in [1.165, 1.54) is 55.3 Å². The fourth-order valence-electron chi connectivity index (χ4n) is 4.39. The second-order valence-corrected chi connectivity index (χ2v) is 13.4. The number of aromatic nitrogens is 2. The van der Waals surface area contributed by atoms with Gasteiger partial charge < -0.3 is 15.2 Å². The molecular weight excluding hydrogens is 643 g/mol. The van der Waals surface area contributed by atoms with E-state index in [0.717, 1.165) is 25.7 Å². The van der Waals surface area contributed by atoms with Crippen LogP contribution >= 0.6 is 0 Å². The van der Waals surface area contributed by atoms with Gasteiger partial charge in [0.25, 0.3) is 0 Å². The second-order valence-electron chi connectivity index (χ2n) is 13.4. The molecule has 52 heavy (non-hydrogen) atoms. The topological polar surface area (TPSA) is 81.2 Å². The third-order valence-electron chi connectivity index (χ3n) is 7.47. The highest BCUT2D eigenvalue weighted by Gasteiger charge is 2.15. The average Bonchev–Trinajstić information content (AvgIpc) is 3.43. The van der Waals surface area contributed by atoms with Crippen molar-refractivity contribution in [1.82, 2.24) is 9.55 Å². The van der Waals surface area contributed by atoms with Gasteiger partial charge in [-0.2, -0.15) is 0 Å². The zero-order chi connectivity index (χ0) is 39.3. The Morgan fingerprint density at radius 1 is 0.654 bits per heavy atom. The lowest BCUT2D eigenvalue weighted by Crippen LogP contribution is -2.07. The normalized spacial score (nSPS) is 13.9. The van der Waals surface area contributed by atoms with Gasteiger partial charge in [0.1, 0.15) is 12.7 Å². The minimum Gasteiger partial charge on any atom is -0.392 e. The number of rotatable bonds is 19. The summed E-state index contributed by atoms with van der Waals surface area (Å²) in [7, 11) is 0. The third-order valence-corrected chi connectivity index (χ3v) is 7.47. The Morgan fingerprint density at radius 3 is 1.37 bits per heavy atom. The van der Waals surface area contributed by atoms with Gasteiger partial charge in [0.05, 0.1) is 6.61 Å². The summed E-state index contributed by atoms with van der Waals surface area (Å²) in [4.78, 5) is 13.6. The number of imidazole rings is 1. The van der Waals surface area contributed by atoms with Gasteiger partial charge in [0.2, 0.25) is 0 Å². The summed E-state index contributed by atoms with van der Waals surface area (Å²) in [6.07, 6.45) is 44.5. The lowest BCUT2D eigenvalue weighted by atomic mass is 10.1. The van der Waals surface area contributed by atoms with E-state index in [4.69, 9.17) is 5.11 Å². The first-order valence-corrected chi connectivity index (χ1v) is 18.1. The standard InChI is InChI=1S/C40H56.C6H9N3O3/c1-33(2)19-13-23-37(7)27-17-31-39(9)29-15-25-35(5)21-11-12-22-36(6)26-16-30-40(10)32-18-28-38(8)24-14-20-34(3)4;1-5-7-4-6(9(11)12)8(5)2-3-10/h11-12,15-22,25-32H,13-14,23-24H2,1-10H3;4,10H,2-3H2,1H3/b12-11+,25-15+,26-16+,31-17+,32-18+,35-21+,36-22+,37-27+,38-28+,39-29+,40-30+;. The van der Waals surface area contributed by atoms with E-state index >= 15 is 0 Å². The molecule has 0 amide bonds. The summed E-state index contributed by atoms with van der Waals surface area (Å²) >= 11 is 0. The van der Waals surface area contributed by atoms with Gasteiger partial charge in [-0.25, -0.2) is 9.55 Å². The van der Waals surface area contributed by atoms with Crippen molar-refractivity contribution in [2.24, 2.45) is 0 Å². The Bertz CT molecular complexity index is 1560. The SMILES string of the molecule is CC(C)=CCC/C(C)=C/C=C/C(C)=C/C=C/C(C)=C/C=C/C=C(C)/C=C/C=C(C)/C=C/C=C(\C)CCC=C(C)C.Cc1ncc([N+](=O)[O-])n1CCO. The predicted octanol–water partition coefficient (Wildman–Crippen LogP) is 13.0. The summed E-state index contributed by atoms with van der Waals surface area (Å²) in [6, 6.07) is 0. The van der Waals surface area contributed by atoms with Crippen LogP contribution in [0.1, 0.15) is 101 Å². The number of aliphatic hydroxyl groups excluding tert-OH is 1. The lowest BCUT2D eigenvalue weighted by molar-refractivity contribution is -0.392. The average molecular weight is 708 g/mol. The first-order valence-electron chi connectivity index (χ1n) is 18.1. The van der Waals surface area contributed by atoms with E-state index in [-0.39, 0.29) is 19.0 Å². The summed E-state index contributed by atoms with van der Waals surface area (Å²) < 4.78 is 1.36. The van der Waals surface area contributed by atoms with Crippen LogP contribution in [-0.2, 0) is 6.54 Å². The van der Waals surface area contributed by atoms with Crippen molar-refractivity contribution in [3.63, 3.8) is 0 Å². The predicted molar refractivity (Wildman–Crippen MR) is 226 cm³/mol. The molecule has 1 heterocycles. The van der Waals surface area contributed by atoms with Gasteiger partial charge in [0.15, 0.2) is 5.82 Å². The summed E-state index contributed by atoms with van der Waals surface area (Å²) in [5.74, 6) is 0.456. The fourth-order valence-corrected chi connectivity index (χ4v) is 4.39. The van der Waals surface area contributed by atoms with Crippen molar-refractivity contribution in [2.75, 3.05) is 6.61 Å². The van der Waals surface area contributed by atoms with E-state index < -0.39 is 4.92 Å². The van der Waals surface area contributed by atoms with Gasteiger partial charge >= 0.3 is 5.82 Å². The van der Waals surface area contributed by atoms with Crippen LogP contribution in [0.3, 0.4) is 0 Å². The molecule has 0 saturated carbocycles. The second kappa shape index (κ2) is 28.8. The molecule has 0 atom stereocenters. The molecule has 0 unspecified atom stereocenters. The van der Waals surface area contributed by atoms with Crippen LogP contribution < -0.4 is 0 Å². The van der Waals surface area contributed by atoms with E-state index in [9.17, 15) is 10.1 Å². The molecule has 0 aromatic carbocycles. The molecule has 1 aromatic heterocycles. The van der Waals surface area contributed by atoms with Gasteiger partial charge in [-0.3, -0.25) is 0 Å². The van der Waals surface area contributed by atoms with Crippen molar-refractivity contribution in [2.45, 2.75) is 108 Å². The number of aliphatic hydroxyl groups is 1. The molecule has 1 aromatic rings. The molecular formula is C46H65N3O3. The van der Waals surface area contributed by atoms with Gasteiger partial charge in [0, 0.05) is 6.92 Å². The molecule has 0 aliphatic heterocycles. The van der Waals surface area contributed by atoms with Crippen LogP contribution in [0.4, 0.5) is 5.82 Å². The van der Waals surface area contributed by atoms with Gasteiger partial charge in [-0.1, -0.05) is 154 Å². The smallest absolute Gasteiger partial charge is 0.342 e. The molecule has 1 N–H and O–H groups in total. The molecule has 0 saturated heterocycles. The molecule has 1 rings (SSSR count). The zero-order valence-electron chi connectivity index (χ0n) is 33.8. The van der Waals surface area contributed by atoms with Gasteiger partial charge in [-0.15, -0.1) is 0 Å². The maximum Gasteiger partial charge on any atom is 0.342 e. The van der Waals surface area contributed by atoms with Crippen molar-refractivity contribution in [3.05, 3.63) is 176 Å². The van der Waals surface area contributed by atoms with Crippen LogP contribution in [0, 0.1) is 17.0 Å². The summed E-state index contributed by atoms with van der Waals surface area (Å²) in [5.41, 5.74) is 10.5. The number of nitrogens with zero attached hydrogens (tertiary/aromatic N) is 3. The molecule has 282 valence electrons. The number of aryl methyl sites for hydroxylation is 1. The Morgan fingerprint density at radius 2 is 1.02 bits per heavy atom. The first-order chi connectivity index (χ1) is 24.7. The van der Waals surface area contributed by atoms with Crippen molar-refractivity contribution in [3.8, 4) is 0 Å². The Labute approximate surface area is 315 Å². The largest absolute Gasteiger partial charge is 0.392 e. The lowest BCUT2D eigenvalue weighted by Gasteiger charge is -1.98. The molecule has 6 heteroatoms. The maximum absolute atomic E-state index is 10.4. The van der Waals surface area contributed by atoms with Crippen LogP contribution in [0.25, 0.3) is 0 Å². The Hall–Kier alpha value is -4.81.